The van der Waals surface area contributed by atoms with Crippen molar-refractivity contribution in [2.75, 3.05) is 6.54 Å². The summed E-state index contributed by atoms with van der Waals surface area (Å²) in [5.41, 5.74) is 0. The largest absolute Gasteiger partial charge is 0.298 e. The molecule has 0 aromatic rings. The first-order valence-corrected chi connectivity index (χ1v) is 7.50. The molecule has 0 aliphatic carbocycles. The van der Waals surface area contributed by atoms with E-state index < -0.39 is 0 Å². The summed E-state index contributed by atoms with van der Waals surface area (Å²) in [5, 5.41) is 0. The summed E-state index contributed by atoms with van der Waals surface area (Å²) in [6, 6.07) is 1.32. The molecule has 0 aliphatic heterocycles. The lowest BCUT2D eigenvalue weighted by Gasteiger charge is -2.29. The van der Waals surface area contributed by atoms with Crippen LogP contribution in [0.15, 0.2) is 12.2 Å². The smallest absolute Gasteiger partial charge is 0.00414 e. The molecule has 0 bridgehead atoms. The van der Waals surface area contributed by atoms with Gasteiger partial charge in [-0.3, -0.25) is 4.90 Å². The Morgan fingerprint density at radius 1 is 0.824 bits per heavy atom. The third-order valence-corrected chi connectivity index (χ3v) is 3.27. The van der Waals surface area contributed by atoms with Crippen LogP contribution < -0.4 is 0 Å². The van der Waals surface area contributed by atoms with Gasteiger partial charge in [0, 0.05) is 18.6 Å². The molecule has 0 saturated carbocycles. The van der Waals surface area contributed by atoms with Crippen LogP contribution in [0.2, 0.25) is 0 Å². The van der Waals surface area contributed by atoms with Crippen molar-refractivity contribution in [3.8, 4) is 0 Å². The molecule has 0 aromatic heterocycles. The molecule has 0 aliphatic rings. The highest BCUT2D eigenvalue weighted by Crippen LogP contribution is 2.07. The second-order valence-electron chi connectivity index (χ2n) is 5.53. The number of hydrogen-bond donors (Lipinski definition) is 0. The number of unbranched alkanes of at least 4 members (excludes halogenated alkanes) is 4. The van der Waals surface area contributed by atoms with E-state index in [0.717, 1.165) is 0 Å². The van der Waals surface area contributed by atoms with Gasteiger partial charge in [0.1, 0.15) is 0 Å². The fourth-order valence-corrected chi connectivity index (χ4v) is 2.26. The fraction of sp³-hybridized carbons (Fsp3) is 0.875. The van der Waals surface area contributed by atoms with Gasteiger partial charge >= 0.3 is 0 Å². The Morgan fingerprint density at radius 2 is 1.41 bits per heavy atom. The van der Waals surface area contributed by atoms with E-state index in [1.807, 2.05) is 0 Å². The van der Waals surface area contributed by atoms with Crippen LogP contribution in [0, 0.1) is 0 Å². The third-order valence-electron chi connectivity index (χ3n) is 3.27. The zero-order valence-corrected chi connectivity index (χ0v) is 12.7. The zero-order valence-electron chi connectivity index (χ0n) is 12.7. The minimum absolute atomic E-state index is 0.660. The van der Waals surface area contributed by atoms with Gasteiger partial charge in [0.15, 0.2) is 0 Å². The van der Waals surface area contributed by atoms with Crippen molar-refractivity contribution in [2.24, 2.45) is 0 Å². The van der Waals surface area contributed by atoms with E-state index in [1.165, 1.54) is 45.1 Å². The van der Waals surface area contributed by atoms with Crippen LogP contribution in [-0.4, -0.2) is 23.5 Å². The first-order chi connectivity index (χ1) is 8.09. The normalized spacial score (nSPS) is 12.5. The van der Waals surface area contributed by atoms with E-state index in [4.69, 9.17) is 0 Å². The Morgan fingerprint density at radius 3 is 1.94 bits per heavy atom. The summed E-state index contributed by atoms with van der Waals surface area (Å²) in [6.07, 6.45) is 12.7. The molecule has 0 aromatic carbocycles. The van der Waals surface area contributed by atoms with Gasteiger partial charge in [0.05, 0.1) is 0 Å². The molecule has 0 rings (SSSR count). The minimum Gasteiger partial charge on any atom is -0.298 e. The summed E-state index contributed by atoms with van der Waals surface area (Å²) < 4.78 is 0. The fourth-order valence-electron chi connectivity index (χ4n) is 2.26. The van der Waals surface area contributed by atoms with Crippen molar-refractivity contribution in [1.29, 1.82) is 0 Å². The molecule has 1 heteroatoms. The maximum absolute atomic E-state index is 2.56. The van der Waals surface area contributed by atoms with Gasteiger partial charge in [-0.15, -0.1) is 0 Å². The standard InChI is InChI=1S/C16H33N/c1-6-7-8-9-10-11-12-13-14-17(15(2)3)16(4)5/h11-12,15-16H,6-10,13-14H2,1-5H3/b12-11-. The van der Waals surface area contributed by atoms with Gasteiger partial charge in [0.25, 0.3) is 0 Å². The van der Waals surface area contributed by atoms with Gasteiger partial charge in [-0.05, 0) is 47.0 Å². The second kappa shape index (κ2) is 10.8. The second-order valence-corrected chi connectivity index (χ2v) is 5.53. The van der Waals surface area contributed by atoms with E-state index in [9.17, 15) is 0 Å². The summed E-state index contributed by atoms with van der Waals surface area (Å²) >= 11 is 0. The molecule has 17 heavy (non-hydrogen) atoms. The lowest BCUT2D eigenvalue weighted by molar-refractivity contribution is 0.178. The van der Waals surface area contributed by atoms with Crippen LogP contribution in [0.5, 0.6) is 0 Å². The first-order valence-electron chi connectivity index (χ1n) is 7.50. The SMILES string of the molecule is CCCCCC/C=C\CCN(C(C)C)C(C)C. The van der Waals surface area contributed by atoms with Crippen molar-refractivity contribution in [2.45, 2.75) is 85.2 Å². The molecule has 0 saturated heterocycles. The van der Waals surface area contributed by atoms with E-state index >= 15 is 0 Å². The number of allylic oxidation sites excluding steroid dienone is 1. The molecule has 0 atom stereocenters. The van der Waals surface area contributed by atoms with Crippen molar-refractivity contribution in [1.82, 2.24) is 4.90 Å². The average Bonchev–Trinajstić information content (AvgIpc) is 2.26. The monoisotopic (exact) mass is 239 g/mol. The molecule has 0 fully saturated rings. The number of rotatable bonds is 10. The Hall–Kier alpha value is -0.300. The van der Waals surface area contributed by atoms with E-state index in [1.54, 1.807) is 0 Å². The van der Waals surface area contributed by atoms with Crippen molar-refractivity contribution < 1.29 is 0 Å². The molecule has 102 valence electrons. The Kier molecular flexibility index (Phi) is 10.6. The molecule has 0 amide bonds. The highest BCUT2D eigenvalue weighted by molar-refractivity contribution is 4.83. The van der Waals surface area contributed by atoms with Crippen LogP contribution in [0.25, 0.3) is 0 Å². The Balaban J connectivity index is 3.56. The quantitative estimate of drug-likeness (QED) is 0.382. The van der Waals surface area contributed by atoms with Gasteiger partial charge < -0.3 is 0 Å². The topological polar surface area (TPSA) is 3.24 Å². The van der Waals surface area contributed by atoms with Crippen LogP contribution in [0.4, 0.5) is 0 Å². The lowest BCUT2D eigenvalue weighted by atomic mass is 10.1. The number of nitrogens with zero attached hydrogens (tertiary/aromatic N) is 1. The molecular weight excluding hydrogens is 206 g/mol. The van der Waals surface area contributed by atoms with Crippen molar-refractivity contribution in [3.05, 3.63) is 12.2 Å². The maximum Gasteiger partial charge on any atom is 0.00414 e. The third kappa shape index (κ3) is 9.41. The molecule has 0 unspecified atom stereocenters. The predicted octanol–water partition coefficient (Wildman–Crippen LogP) is 5.02. The molecule has 0 N–H and O–H groups in total. The molecule has 0 heterocycles. The van der Waals surface area contributed by atoms with Crippen LogP contribution >= 0.6 is 0 Å². The number of hydrogen-bond acceptors (Lipinski definition) is 1. The molecule has 1 nitrogen and oxygen atoms in total. The Bertz CT molecular complexity index is 174. The average molecular weight is 239 g/mol. The molecule has 0 radical (unpaired) electrons. The van der Waals surface area contributed by atoms with E-state index in [0.29, 0.717) is 12.1 Å². The van der Waals surface area contributed by atoms with E-state index in [-0.39, 0.29) is 0 Å². The lowest BCUT2D eigenvalue weighted by Crippen LogP contribution is -2.37. The summed E-state index contributed by atoms with van der Waals surface area (Å²) in [6.45, 7) is 12.6. The van der Waals surface area contributed by atoms with E-state index in [2.05, 4.69) is 51.7 Å². The Labute approximate surface area is 109 Å². The van der Waals surface area contributed by atoms with Gasteiger partial charge in [-0.2, -0.15) is 0 Å². The van der Waals surface area contributed by atoms with Gasteiger partial charge in [-0.25, -0.2) is 0 Å². The van der Waals surface area contributed by atoms with Crippen molar-refractivity contribution >= 4 is 0 Å². The van der Waals surface area contributed by atoms with Crippen LogP contribution in [-0.2, 0) is 0 Å². The highest BCUT2D eigenvalue weighted by atomic mass is 15.2. The summed E-state index contributed by atoms with van der Waals surface area (Å²) in [5.74, 6) is 0. The van der Waals surface area contributed by atoms with Crippen molar-refractivity contribution in [3.63, 3.8) is 0 Å². The van der Waals surface area contributed by atoms with Gasteiger partial charge in [0.2, 0.25) is 0 Å². The minimum atomic E-state index is 0.660. The zero-order chi connectivity index (χ0) is 13.1. The van der Waals surface area contributed by atoms with Gasteiger partial charge in [-0.1, -0.05) is 38.3 Å². The highest BCUT2D eigenvalue weighted by Gasteiger charge is 2.11. The van der Waals surface area contributed by atoms with Crippen LogP contribution in [0.1, 0.15) is 73.1 Å². The molecular formula is C16H33N. The van der Waals surface area contributed by atoms with Crippen LogP contribution in [0.3, 0.4) is 0 Å². The summed E-state index contributed by atoms with van der Waals surface area (Å²) in [7, 11) is 0. The molecule has 0 spiro atoms. The predicted molar refractivity (Wildman–Crippen MR) is 79.5 cm³/mol. The summed E-state index contributed by atoms with van der Waals surface area (Å²) in [4.78, 5) is 2.56. The first kappa shape index (κ1) is 16.7. The maximum atomic E-state index is 2.56.